The molecule has 0 amide bonds. The van der Waals surface area contributed by atoms with Crippen molar-refractivity contribution in [3.63, 3.8) is 0 Å². The zero-order chi connectivity index (χ0) is 10.6. The third-order valence-electron chi connectivity index (χ3n) is 2.03. The lowest BCUT2D eigenvalue weighted by molar-refractivity contribution is 0.551. The molecule has 2 nitrogen and oxygen atoms in total. The van der Waals surface area contributed by atoms with Crippen LogP contribution in [0.3, 0.4) is 0 Å². The maximum atomic E-state index is 12.2. The summed E-state index contributed by atoms with van der Waals surface area (Å²) in [6, 6.07) is 7.54. The zero-order valence-corrected chi connectivity index (χ0v) is 8.85. The van der Waals surface area contributed by atoms with Crippen molar-refractivity contribution in [3.05, 3.63) is 35.4 Å². The number of benzene rings is 1. The molecule has 0 bridgehead atoms. The first kappa shape index (κ1) is 11.2. The SMILES string of the molecule is CCc1cccc(CCS(=O)(=O)F)c1. The molecular weight excluding hydrogens is 203 g/mol. The summed E-state index contributed by atoms with van der Waals surface area (Å²) in [4.78, 5) is 0. The average Bonchev–Trinajstić information content (AvgIpc) is 2.14. The van der Waals surface area contributed by atoms with Crippen molar-refractivity contribution in [2.45, 2.75) is 19.8 Å². The van der Waals surface area contributed by atoms with Crippen LogP contribution in [0.25, 0.3) is 0 Å². The molecule has 0 N–H and O–H groups in total. The van der Waals surface area contributed by atoms with Crippen LogP contribution < -0.4 is 0 Å². The van der Waals surface area contributed by atoms with Crippen molar-refractivity contribution in [1.29, 1.82) is 0 Å². The Morgan fingerprint density at radius 1 is 1.29 bits per heavy atom. The van der Waals surface area contributed by atoms with Crippen LogP contribution in [0, 0.1) is 0 Å². The first-order valence-corrected chi connectivity index (χ1v) is 6.06. The standard InChI is InChI=1S/C10H13FO2S/c1-2-9-4-3-5-10(8-9)6-7-14(11,12)13/h3-5,8H,2,6-7H2,1H3. The van der Waals surface area contributed by atoms with Crippen molar-refractivity contribution in [3.8, 4) is 0 Å². The van der Waals surface area contributed by atoms with Gasteiger partial charge in [0.05, 0.1) is 5.75 Å². The van der Waals surface area contributed by atoms with E-state index in [0.29, 0.717) is 0 Å². The van der Waals surface area contributed by atoms with E-state index in [1.54, 1.807) is 0 Å². The first-order valence-electron chi connectivity index (χ1n) is 4.51. The molecule has 14 heavy (non-hydrogen) atoms. The minimum atomic E-state index is -4.34. The Morgan fingerprint density at radius 3 is 2.50 bits per heavy atom. The van der Waals surface area contributed by atoms with Gasteiger partial charge in [-0.2, -0.15) is 8.42 Å². The molecule has 0 atom stereocenters. The summed E-state index contributed by atoms with van der Waals surface area (Å²) in [5.41, 5.74) is 2.00. The molecule has 1 aromatic carbocycles. The molecule has 0 spiro atoms. The summed E-state index contributed by atoms with van der Waals surface area (Å²) in [6.45, 7) is 2.02. The van der Waals surface area contributed by atoms with Gasteiger partial charge in [0.1, 0.15) is 0 Å². The summed E-state index contributed by atoms with van der Waals surface area (Å²) in [6.07, 6.45) is 1.14. The van der Waals surface area contributed by atoms with Crippen molar-refractivity contribution < 1.29 is 12.3 Å². The van der Waals surface area contributed by atoms with Gasteiger partial charge in [-0.1, -0.05) is 31.2 Å². The fourth-order valence-corrected chi connectivity index (χ4v) is 1.72. The number of hydrogen-bond acceptors (Lipinski definition) is 2. The summed E-state index contributed by atoms with van der Waals surface area (Å²) in [7, 11) is -4.34. The molecule has 1 aromatic rings. The molecule has 4 heteroatoms. The second-order valence-corrected chi connectivity index (χ2v) is 4.65. The molecule has 0 aliphatic carbocycles. The van der Waals surface area contributed by atoms with Gasteiger partial charge in [-0.25, -0.2) is 0 Å². The van der Waals surface area contributed by atoms with Gasteiger partial charge in [-0.15, -0.1) is 3.89 Å². The Labute approximate surface area is 84.0 Å². The number of aryl methyl sites for hydroxylation is 2. The van der Waals surface area contributed by atoms with Gasteiger partial charge in [0, 0.05) is 0 Å². The van der Waals surface area contributed by atoms with Gasteiger partial charge in [0.15, 0.2) is 0 Å². The second kappa shape index (κ2) is 4.55. The number of rotatable bonds is 4. The molecule has 0 saturated heterocycles. The average molecular weight is 216 g/mol. The minimum Gasteiger partial charge on any atom is -0.195 e. The molecule has 0 radical (unpaired) electrons. The van der Waals surface area contributed by atoms with Gasteiger partial charge in [-0.3, -0.25) is 0 Å². The van der Waals surface area contributed by atoms with Crippen LogP contribution in [0.5, 0.6) is 0 Å². The van der Waals surface area contributed by atoms with Gasteiger partial charge in [0.2, 0.25) is 0 Å². The lowest BCUT2D eigenvalue weighted by Gasteiger charge is -2.01. The quantitative estimate of drug-likeness (QED) is 0.722. The molecule has 0 unspecified atom stereocenters. The van der Waals surface area contributed by atoms with E-state index in [4.69, 9.17) is 0 Å². The fraction of sp³-hybridized carbons (Fsp3) is 0.400. The Bertz CT molecular complexity index is 398. The minimum absolute atomic E-state index is 0.243. The summed E-state index contributed by atoms with van der Waals surface area (Å²) < 4.78 is 32.8. The van der Waals surface area contributed by atoms with E-state index in [0.717, 1.165) is 17.5 Å². The van der Waals surface area contributed by atoms with Crippen molar-refractivity contribution in [2.75, 3.05) is 5.75 Å². The van der Waals surface area contributed by atoms with Gasteiger partial charge >= 0.3 is 10.2 Å². The Kier molecular flexibility index (Phi) is 3.63. The monoisotopic (exact) mass is 216 g/mol. The highest BCUT2D eigenvalue weighted by molar-refractivity contribution is 7.86. The highest BCUT2D eigenvalue weighted by atomic mass is 32.3. The smallest absolute Gasteiger partial charge is 0.195 e. The van der Waals surface area contributed by atoms with Crippen LogP contribution in [0.4, 0.5) is 3.89 Å². The summed E-state index contributed by atoms with van der Waals surface area (Å²) in [5.74, 6) is -0.430. The normalized spacial score (nSPS) is 11.6. The maximum Gasteiger partial charge on any atom is 0.302 e. The summed E-state index contributed by atoms with van der Waals surface area (Å²) >= 11 is 0. The highest BCUT2D eigenvalue weighted by Gasteiger charge is 2.07. The largest absolute Gasteiger partial charge is 0.302 e. The summed E-state index contributed by atoms with van der Waals surface area (Å²) in [5, 5.41) is 0. The third-order valence-corrected chi connectivity index (χ3v) is 2.73. The number of hydrogen-bond donors (Lipinski definition) is 0. The predicted octanol–water partition coefficient (Wildman–Crippen LogP) is 2.09. The predicted molar refractivity (Wildman–Crippen MR) is 54.4 cm³/mol. The lowest BCUT2D eigenvalue weighted by Crippen LogP contribution is -2.02. The number of halogens is 1. The van der Waals surface area contributed by atoms with Crippen LogP contribution in [0.1, 0.15) is 18.1 Å². The molecule has 0 fully saturated rings. The first-order chi connectivity index (χ1) is 6.51. The van der Waals surface area contributed by atoms with Crippen LogP contribution in [-0.4, -0.2) is 14.2 Å². The molecule has 1 rings (SSSR count). The van der Waals surface area contributed by atoms with E-state index < -0.39 is 16.0 Å². The van der Waals surface area contributed by atoms with Gasteiger partial charge in [0.25, 0.3) is 0 Å². The van der Waals surface area contributed by atoms with Crippen LogP contribution >= 0.6 is 0 Å². The van der Waals surface area contributed by atoms with Crippen LogP contribution in [0.15, 0.2) is 24.3 Å². The van der Waals surface area contributed by atoms with Crippen LogP contribution in [-0.2, 0) is 23.1 Å². The molecule has 0 heterocycles. The van der Waals surface area contributed by atoms with Crippen molar-refractivity contribution >= 4 is 10.2 Å². The Hall–Kier alpha value is -0.900. The molecule has 78 valence electrons. The molecular formula is C10H13FO2S. The Balaban J connectivity index is 2.68. The van der Waals surface area contributed by atoms with E-state index in [9.17, 15) is 12.3 Å². The van der Waals surface area contributed by atoms with Gasteiger partial charge in [-0.05, 0) is 24.0 Å². The molecule has 0 aromatic heterocycles. The van der Waals surface area contributed by atoms with E-state index in [1.165, 1.54) is 0 Å². The zero-order valence-electron chi connectivity index (χ0n) is 8.03. The highest BCUT2D eigenvalue weighted by Crippen LogP contribution is 2.08. The van der Waals surface area contributed by atoms with Crippen molar-refractivity contribution in [1.82, 2.24) is 0 Å². The van der Waals surface area contributed by atoms with E-state index in [-0.39, 0.29) is 6.42 Å². The molecule has 0 aliphatic rings. The fourth-order valence-electron chi connectivity index (χ4n) is 1.24. The lowest BCUT2D eigenvalue weighted by atomic mass is 10.1. The molecule has 0 aliphatic heterocycles. The Morgan fingerprint density at radius 2 is 1.93 bits per heavy atom. The van der Waals surface area contributed by atoms with E-state index in [2.05, 4.69) is 0 Å². The van der Waals surface area contributed by atoms with Gasteiger partial charge < -0.3 is 0 Å². The van der Waals surface area contributed by atoms with Crippen molar-refractivity contribution in [2.24, 2.45) is 0 Å². The second-order valence-electron chi connectivity index (χ2n) is 3.17. The maximum absolute atomic E-state index is 12.2. The third kappa shape index (κ3) is 3.87. The van der Waals surface area contributed by atoms with E-state index in [1.807, 2.05) is 31.2 Å². The topological polar surface area (TPSA) is 34.1 Å². The van der Waals surface area contributed by atoms with Crippen LogP contribution in [0.2, 0.25) is 0 Å². The van der Waals surface area contributed by atoms with E-state index >= 15 is 0 Å². The molecule has 0 saturated carbocycles.